The molecule has 0 atom stereocenters. The summed E-state index contributed by atoms with van der Waals surface area (Å²) in [5.74, 6) is 0.814. The summed E-state index contributed by atoms with van der Waals surface area (Å²) < 4.78 is 7.15. The fourth-order valence-electron chi connectivity index (χ4n) is 0.705. The SMILES string of the molecule is [CH2]COc1cccc(Br)c1Br. The van der Waals surface area contributed by atoms with Crippen LogP contribution in [0.4, 0.5) is 0 Å². The van der Waals surface area contributed by atoms with Crippen LogP contribution in [0.2, 0.25) is 0 Å². The summed E-state index contributed by atoms with van der Waals surface area (Å²) in [5, 5.41) is 0. The van der Waals surface area contributed by atoms with Crippen molar-refractivity contribution < 1.29 is 4.74 Å². The molecule has 0 saturated carbocycles. The molecule has 0 unspecified atom stereocenters. The minimum absolute atomic E-state index is 0.440. The van der Waals surface area contributed by atoms with Gasteiger partial charge in [-0.2, -0.15) is 0 Å². The zero-order valence-electron chi connectivity index (χ0n) is 5.81. The normalized spacial score (nSPS) is 9.73. The lowest BCUT2D eigenvalue weighted by atomic mass is 10.3. The molecule has 0 heterocycles. The molecule has 0 N–H and O–H groups in total. The summed E-state index contributed by atoms with van der Waals surface area (Å²) in [6, 6.07) is 5.75. The molecular formula is C8H7Br2O. The second kappa shape index (κ2) is 4.12. The molecule has 59 valence electrons. The van der Waals surface area contributed by atoms with Crippen LogP contribution in [-0.4, -0.2) is 6.61 Å². The summed E-state index contributed by atoms with van der Waals surface area (Å²) in [4.78, 5) is 0. The summed E-state index contributed by atoms with van der Waals surface area (Å²) in [5.41, 5.74) is 0. The first-order valence-electron chi connectivity index (χ1n) is 3.11. The van der Waals surface area contributed by atoms with E-state index in [4.69, 9.17) is 4.74 Å². The topological polar surface area (TPSA) is 9.23 Å². The maximum atomic E-state index is 5.23. The summed E-state index contributed by atoms with van der Waals surface area (Å²) in [7, 11) is 0. The first-order chi connectivity index (χ1) is 5.25. The van der Waals surface area contributed by atoms with Gasteiger partial charge in [-0.1, -0.05) is 6.07 Å². The zero-order valence-corrected chi connectivity index (χ0v) is 8.98. The van der Waals surface area contributed by atoms with Gasteiger partial charge in [0, 0.05) is 4.47 Å². The quantitative estimate of drug-likeness (QED) is 0.805. The molecule has 0 aliphatic rings. The molecule has 0 aromatic heterocycles. The number of ether oxygens (including phenoxy) is 1. The van der Waals surface area contributed by atoms with Gasteiger partial charge in [-0.05, 0) is 50.9 Å². The Hall–Kier alpha value is -0.0200. The van der Waals surface area contributed by atoms with Crippen LogP contribution in [0.25, 0.3) is 0 Å². The van der Waals surface area contributed by atoms with Gasteiger partial charge in [0.25, 0.3) is 0 Å². The molecule has 11 heavy (non-hydrogen) atoms. The molecule has 1 aromatic carbocycles. The predicted octanol–water partition coefficient (Wildman–Crippen LogP) is 3.42. The molecule has 0 aliphatic carbocycles. The summed E-state index contributed by atoms with van der Waals surface area (Å²) in [6.45, 7) is 4.03. The Morgan fingerprint density at radius 2 is 2.09 bits per heavy atom. The minimum Gasteiger partial charge on any atom is -0.492 e. The number of halogens is 2. The molecule has 1 rings (SSSR count). The van der Waals surface area contributed by atoms with E-state index >= 15 is 0 Å². The number of rotatable bonds is 2. The van der Waals surface area contributed by atoms with E-state index in [0.717, 1.165) is 14.7 Å². The van der Waals surface area contributed by atoms with E-state index in [1.807, 2.05) is 18.2 Å². The highest BCUT2D eigenvalue weighted by molar-refractivity contribution is 9.13. The molecule has 3 heteroatoms. The van der Waals surface area contributed by atoms with Crippen LogP contribution in [0.3, 0.4) is 0 Å². The second-order valence-corrected chi connectivity index (χ2v) is 3.55. The van der Waals surface area contributed by atoms with Crippen molar-refractivity contribution in [3.05, 3.63) is 34.1 Å². The van der Waals surface area contributed by atoms with Gasteiger partial charge >= 0.3 is 0 Å². The molecule has 1 nitrogen and oxygen atoms in total. The lowest BCUT2D eigenvalue weighted by Gasteiger charge is -2.05. The molecule has 0 aliphatic heterocycles. The molecule has 0 bridgehead atoms. The smallest absolute Gasteiger partial charge is 0.134 e. The van der Waals surface area contributed by atoms with Gasteiger partial charge in [0.15, 0.2) is 0 Å². The van der Waals surface area contributed by atoms with E-state index < -0.39 is 0 Å². The lowest BCUT2D eigenvalue weighted by molar-refractivity contribution is 0.358. The highest BCUT2D eigenvalue weighted by atomic mass is 79.9. The number of hydrogen-bond acceptors (Lipinski definition) is 1. The van der Waals surface area contributed by atoms with E-state index in [0.29, 0.717) is 6.61 Å². The Bertz CT molecular complexity index is 248. The second-order valence-electron chi connectivity index (χ2n) is 1.90. The molecule has 0 saturated heterocycles. The highest BCUT2D eigenvalue weighted by Gasteiger charge is 2.02. The molecule has 1 radical (unpaired) electrons. The van der Waals surface area contributed by atoms with Crippen molar-refractivity contribution in [2.75, 3.05) is 6.61 Å². The van der Waals surface area contributed by atoms with E-state index in [-0.39, 0.29) is 0 Å². The van der Waals surface area contributed by atoms with Crippen molar-refractivity contribution in [1.82, 2.24) is 0 Å². The van der Waals surface area contributed by atoms with Gasteiger partial charge in [0.2, 0.25) is 0 Å². The summed E-state index contributed by atoms with van der Waals surface area (Å²) in [6.07, 6.45) is 0. The first-order valence-corrected chi connectivity index (χ1v) is 4.70. The maximum absolute atomic E-state index is 5.23. The maximum Gasteiger partial charge on any atom is 0.134 e. The van der Waals surface area contributed by atoms with Crippen LogP contribution < -0.4 is 4.74 Å². The van der Waals surface area contributed by atoms with Gasteiger partial charge in [-0.25, -0.2) is 0 Å². The Morgan fingerprint density at radius 3 is 2.73 bits per heavy atom. The van der Waals surface area contributed by atoms with Crippen LogP contribution in [0.15, 0.2) is 27.1 Å². The van der Waals surface area contributed by atoms with Crippen LogP contribution in [0.5, 0.6) is 5.75 Å². The largest absolute Gasteiger partial charge is 0.492 e. The third-order valence-electron chi connectivity index (χ3n) is 1.17. The fourth-order valence-corrected chi connectivity index (χ4v) is 1.43. The van der Waals surface area contributed by atoms with Crippen molar-refractivity contribution in [1.29, 1.82) is 0 Å². The Labute approximate surface area is 83.0 Å². The van der Waals surface area contributed by atoms with Crippen LogP contribution in [0.1, 0.15) is 0 Å². The van der Waals surface area contributed by atoms with Crippen molar-refractivity contribution in [3.63, 3.8) is 0 Å². The number of benzene rings is 1. The van der Waals surface area contributed by atoms with Crippen molar-refractivity contribution in [2.24, 2.45) is 0 Å². The first kappa shape index (κ1) is 9.07. The van der Waals surface area contributed by atoms with Gasteiger partial charge in [-0.15, -0.1) is 0 Å². The average Bonchev–Trinajstić information content (AvgIpc) is 1.99. The van der Waals surface area contributed by atoms with Gasteiger partial charge in [-0.3, -0.25) is 0 Å². The standard InChI is InChI=1S/C8H7Br2O/c1-2-11-7-5-3-4-6(9)8(7)10/h3-5H,1-2H2. The van der Waals surface area contributed by atoms with Gasteiger partial charge in [0.05, 0.1) is 11.1 Å². The summed E-state index contributed by atoms with van der Waals surface area (Å²) >= 11 is 6.75. The Kier molecular flexibility index (Phi) is 3.40. The van der Waals surface area contributed by atoms with Crippen molar-refractivity contribution in [3.8, 4) is 5.75 Å². The fraction of sp³-hybridized carbons (Fsp3) is 0.125. The predicted molar refractivity (Wildman–Crippen MR) is 52.7 cm³/mol. The van der Waals surface area contributed by atoms with E-state index in [1.165, 1.54) is 0 Å². The Morgan fingerprint density at radius 1 is 1.36 bits per heavy atom. The molecule has 0 amide bonds. The van der Waals surface area contributed by atoms with E-state index in [1.54, 1.807) is 0 Å². The van der Waals surface area contributed by atoms with E-state index in [9.17, 15) is 0 Å². The third kappa shape index (κ3) is 2.20. The Balaban J connectivity index is 2.96. The molecular weight excluding hydrogens is 272 g/mol. The highest BCUT2D eigenvalue weighted by Crippen LogP contribution is 2.31. The van der Waals surface area contributed by atoms with Crippen molar-refractivity contribution >= 4 is 31.9 Å². The monoisotopic (exact) mass is 277 g/mol. The van der Waals surface area contributed by atoms with Gasteiger partial charge < -0.3 is 4.74 Å². The van der Waals surface area contributed by atoms with Crippen LogP contribution in [0, 0.1) is 6.92 Å². The lowest BCUT2D eigenvalue weighted by Crippen LogP contribution is -1.92. The average molecular weight is 279 g/mol. The minimum atomic E-state index is 0.440. The molecule has 1 aromatic rings. The van der Waals surface area contributed by atoms with E-state index in [2.05, 4.69) is 38.8 Å². The van der Waals surface area contributed by atoms with Crippen LogP contribution in [-0.2, 0) is 0 Å². The molecule has 0 fully saturated rings. The molecule has 0 spiro atoms. The number of hydrogen-bond donors (Lipinski definition) is 0. The third-order valence-corrected chi connectivity index (χ3v) is 3.18. The van der Waals surface area contributed by atoms with Crippen molar-refractivity contribution in [2.45, 2.75) is 0 Å². The van der Waals surface area contributed by atoms with Gasteiger partial charge in [0.1, 0.15) is 5.75 Å². The zero-order chi connectivity index (χ0) is 8.27. The van der Waals surface area contributed by atoms with Crippen LogP contribution >= 0.6 is 31.9 Å².